The molecule has 4 aromatic carbocycles. The van der Waals surface area contributed by atoms with Gasteiger partial charge in [-0.2, -0.15) is 35.4 Å². The van der Waals surface area contributed by atoms with E-state index in [1.54, 1.807) is 0 Å². The third kappa shape index (κ3) is 11.7. The predicted molar refractivity (Wildman–Crippen MR) is 121 cm³/mol. The molecule has 4 rings (SSSR count). The van der Waals surface area contributed by atoms with Crippen molar-refractivity contribution in [3.63, 3.8) is 0 Å². The Morgan fingerprint density at radius 1 is 0.452 bits per heavy atom. The van der Waals surface area contributed by atoms with E-state index in [-0.39, 0.29) is 35.3 Å². The smallest absolute Gasteiger partial charge is 1.00 e. The molecule has 0 saturated carbocycles. The van der Waals surface area contributed by atoms with Gasteiger partial charge in [0.2, 0.25) is 0 Å². The van der Waals surface area contributed by atoms with E-state index in [4.69, 9.17) is 0 Å². The van der Waals surface area contributed by atoms with Gasteiger partial charge in [0.15, 0.2) is 0 Å². The Hall–Kier alpha value is -2.13. The Labute approximate surface area is 204 Å². The van der Waals surface area contributed by atoms with Crippen molar-refractivity contribution in [2.24, 2.45) is 0 Å². The van der Waals surface area contributed by atoms with Gasteiger partial charge in [0.05, 0.1) is 0 Å². The van der Waals surface area contributed by atoms with Gasteiger partial charge in [0, 0.05) is 0 Å². The molecule has 31 heavy (non-hydrogen) atoms. The summed E-state index contributed by atoms with van der Waals surface area (Å²) in [5, 5.41) is 0. The summed E-state index contributed by atoms with van der Waals surface area (Å²) in [5.41, 5.74) is 5.81. The van der Waals surface area contributed by atoms with Crippen LogP contribution in [-0.2, 0) is 51.5 Å². The first-order chi connectivity index (χ1) is 13.9. The van der Waals surface area contributed by atoms with Crippen LogP contribution in [0, 0.1) is 0 Å². The summed E-state index contributed by atoms with van der Waals surface area (Å²) in [7, 11) is 0. The van der Waals surface area contributed by atoms with Crippen LogP contribution in [-0.4, -0.2) is 0 Å². The molecule has 0 nitrogen and oxygen atoms in total. The first-order valence-electron chi connectivity index (χ1n) is 10.4. The zero-order chi connectivity index (χ0) is 19.3. The maximum atomic E-state index is 2.20. The van der Waals surface area contributed by atoms with E-state index in [9.17, 15) is 0 Å². The standard InChI is InChI=1S/2C14H15.2FH.Hf/c2*1-2-7-13(8-3-1)11-6-12-14-9-4-5-10-14;;;/h2*1-5,7-10H,6,11-12H2;2*1H;/q2*-1;;;+4/p-2. The van der Waals surface area contributed by atoms with Crippen molar-refractivity contribution in [2.75, 3.05) is 0 Å². The molecule has 0 unspecified atom stereocenters. The second-order valence-electron chi connectivity index (χ2n) is 7.26. The van der Waals surface area contributed by atoms with E-state index < -0.39 is 0 Å². The molecular formula is C28H30F2Hf. The molecule has 0 aliphatic rings. The van der Waals surface area contributed by atoms with Gasteiger partial charge in [-0.3, -0.25) is 0 Å². The molecule has 0 aliphatic heterocycles. The predicted octanol–water partition coefficient (Wildman–Crippen LogP) is 1.17. The summed E-state index contributed by atoms with van der Waals surface area (Å²) in [6.07, 6.45) is 7.25. The largest absolute Gasteiger partial charge is 4.00 e. The third-order valence-electron chi connectivity index (χ3n) is 5.01. The maximum Gasteiger partial charge on any atom is 4.00 e. The van der Waals surface area contributed by atoms with Crippen LogP contribution in [0.3, 0.4) is 0 Å². The van der Waals surface area contributed by atoms with Crippen molar-refractivity contribution >= 4 is 0 Å². The summed E-state index contributed by atoms with van der Waals surface area (Å²) in [4.78, 5) is 0. The molecule has 0 amide bonds. The van der Waals surface area contributed by atoms with Crippen LogP contribution in [0.1, 0.15) is 35.1 Å². The van der Waals surface area contributed by atoms with Crippen LogP contribution in [0.4, 0.5) is 0 Å². The zero-order valence-corrected chi connectivity index (χ0v) is 21.5. The van der Waals surface area contributed by atoms with Crippen molar-refractivity contribution in [3.8, 4) is 0 Å². The molecule has 0 N–H and O–H groups in total. The van der Waals surface area contributed by atoms with E-state index in [2.05, 4.69) is 109 Å². The summed E-state index contributed by atoms with van der Waals surface area (Å²) in [6, 6.07) is 38.6. The minimum absolute atomic E-state index is 0. The average Bonchev–Trinajstić information content (AvgIpc) is 3.45. The summed E-state index contributed by atoms with van der Waals surface area (Å²) < 4.78 is 0. The Balaban J connectivity index is 0.000000529. The first kappa shape index (κ1) is 28.9. The van der Waals surface area contributed by atoms with Crippen LogP contribution in [0.15, 0.2) is 109 Å². The molecule has 0 fully saturated rings. The van der Waals surface area contributed by atoms with Crippen molar-refractivity contribution in [2.45, 2.75) is 38.5 Å². The van der Waals surface area contributed by atoms with Gasteiger partial charge in [-0.1, -0.05) is 86.3 Å². The summed E-state index contributed by atoms with van der Waals surface area (Å²) in [5.74, 6) is 0. The van der Waals surface area contributed by atoms with Crippen LogP contribution in [0.25, 0.3) is 0 Å². The average molecular weight is 583 g/mol. The van der Waals surface area contributed by atoms with E-state index in [0.29, 0.717) is 0 Å². The Bertz CT molecular complexity index is 778. The van der Waals surface area contributed by atoms with Gasteiger partial charge in [-0.25, -0.2) is 24.3 Å². The summed E-state index contributed by atoms with van der Waals surface area (Å²) >= 11 is 0. The monoisotopic (exact) mass is 584 g/mol. The second kappa shape index (κ2) is 17.5. The Kier molecular flexibility index (Phi) is 16.3. The van der Waals surface area contributed by atoms with Crippen molar-refractivity contribution in [3.05, 3.63) is 131 Å². The van der Waals surface area contributed by atoms with Crippen LogP contribution < -0.4 is 9.41 Å². The van der Waals surface area contributed by atoms with Crippen molar-refractivity contribution in [1.82, 2.24) is 0 Å². The molecule has 0 saturated heterocycles. The fourth-order valence-corrected chi connectivity index (χ4v) is 3.44. The fraction of sp³-hybridized carbons (Fsp3) is 0.214. The third-order valence-corrected chi connectivity index (χ3v) is 5.01. The maximum absolute atomic E-state index is 2.20. The van der Waals surface area contributed by atoms with Gasteiger partial charge in [0.1, 0.15) is 0 Å². The van der Waals surface area contributed by atoms with Gasteiger partial charge in [0.25, 0.3) is 0 Å². The molecular weight excluding hydrogens is 553 g/mol. The zero-order valence-electron chi connectivity index (χ0n) is 17.9. The van der Waals surface area contributed by atoms with Crippen LogP contribution in [0.5, 0.6) is 0 Å². The van der Waals surface area contributed by atoms with Gasteiger partial charge in [-0.15, -0.1) is 0 Å². The molecule has 0 aliphatic carbocycles. The van der Waals surface area contributed by atoms with Crippen LogP contribution >= 0.6 is 0 Å². The Morgan fingerprint density at radius 3 is 1.10 bits per heavy atom. The van der Waals surface area contributed by atoms with E-state index in [0.717, 1.165) is 0 Å². The molecule has 160 valence electrons. The van der Waals surface area contributed by atoms with Gasteiger partial charge >= 0.3 is 25.8 Å². The van der Waals surface area contributed by atoms with Crippen molar-refractivity contribution in [1.29, 1.82) is 0 Å². The summed E-state index contributed by atoms with van der Waals surface area (Å²) in [6.45, 7) is 0. The molecule has 0 aromatic heterocycles. The number of hydrogen-bond acceptors (Lipinski definition) is 0. The number of halogens is 2. The Morgan fingerprint density at radius 2 is 0.774 bits per heavy atom. The number of hydrogen-bond donors (Lipinski definition) is 0. The number of benzene rings is 2. The minimum atomic E-state index is 0. The molecule has 0 spiro atoms. The van der Waals surface area contributed by atoms with Crippen molar-refractivity contribution < 1.29 is 35.3 Å². The van der Waals surface area contributed by atoms with Crippen LogP contribution in [0.2, 0.25) is 0 Å². The van der Waals surface area contributed by atoms with E-state index in [1.807, 2.05) is 0 Å². The molecule has 4 aromatic rings. The molecule has 0 heterocycles. The van der Waals surface area contributed by atoms with E-state index in [1.165, 1.54) is 60.8 Å². The molecule has 3 heteroatoms. The second-order valence-corrected chi connectivity index (χ2v) is 7.26. The molecule has 0 bridgehead atoms. The van der Waals surface area contributed by atoms with E-state index >= 15 is 0 Å². The van der Waals surface area contributed by atoms with Gasteiger partial charge in [-0.05, 0) is 24.0 Å². The minimum Gasteiger partial charge on any atom is -1.00 e. The first-order valence-corrected chi connectivity index (χ1v) is 10.4. The van der Waals surface area contributed by atoms with Gasteiger partial charge < -0.3 is 9.41 Å². The number of aryl methyl sites for hydroxylation is 4. The normalized spacial score (nSPS) is 9.29. The quantitative estimate of drug-likeness (QED) is 0.216. The molecule has 0 radical (unpaired) electrons. The SMILES string of the molecule is [F-].[F-].[Hf+4].c1ccc(CCC[c-]2cccc2)cc1.c1ccc(CCC[c-]2cccc2)cc1. The topological polar surface area (TPSA) is 0 Å². The molecule has 0 atom stereocenters. The fourth-order valence-electron chi connectivity index (χ4n) is 3.44. The number of rotatable bonds is 8.